The van der Waals surface area contributed by atoms with Crippen LogP contribution in [0.25, 0.3) is 0 Å². The highest BCUT2D eigenvalue weighted by Crippen LogP contribution is 2.76. The van der Waals surface area contributed by atoms with Gasteiger partial charge in [0, 0.05) is 18.7 Å². The largest absolute Gasteiger partial charge is 0.496 e. The minimum Gasteiger partial charge on any atom is -0.496 e. The van der Waals surface area contributed by atoms with E-state index < -0.39 is 17.7 Å². The predicted octanol–water partition coefficient (Wildman–Crippen LogP) is 2.28. The molecule has 2 aliphatic carbocycles. The number of hydrogen-bond donors (Lipinski definition) is 0. The summed E-state index contributed by atoms with van der Waals surface area (Å²) < 4.78 is 38.2. The maximum Gasteiger partial charge on any atom is 0.229 e. The lowest BCUT2D eigenvalue weighted by Crippen LogP contribution is -2.44. The van der Waals surface area contributed by atoms with Crippen molar-refractivity contribution in [1.29, 1.82) is 0 Å². The van der Waals surface area contributed by atoms with Crippen LogP contribution < -0.4 is 4.74 Å². The summed E-state index contributed by atoms with van der Waals surface area (Å²) in [6, 6.07) is 1.96. The second-order valence-corrected chi connectivity index (χ2v) is 6.38. The second-order valence-electron chi connectivity index (χ2n) is 6.38. The van der Waals surface area contributed by atoms with Crippen molar-refractivity contribution in [3.05, 3.63) is 29.3 Å². The molecular weight excluding hydrogens is 292 g/mol. The van der Waals surface area contributed by atoms with Crippen LogP contribution in [0.2, 0.25) is 0 Å². The first-order valence-corrected chi connectivity index (χ1v) is 7.49. The van der Waals surface area contributed by atoms with Gasteiger partial charge in [0.2, 0.25) is 5.91 Å². The van der Waals surface area contributed by atoms with Crippen molar-refractivity contribution in [3.8, 4) is 5.75 Å². The number of halogens is 2. The van der Waals surface area contributed by atoms with Crippen LogP contribution in [0.5, 0.6) is 5.75 Å². The smallest absolute Gasteiger partial charge is 0.229 e. The van der Waals surface area contributed by atoms with E-state index in [-0.39, 0.29) is 29.2 Å². The molecule has 118 valence electrons. The summed E-state index contributed by atoms with van der Waals surface area (Å²) in [5.74, 6) is -0.555. The first-order valence-electron chi connectivity index (χ1n) is 7.49. The third-order valence-electron chi connectivity index (χ3n) is 5.06. The van der Waals surface area contributed by atoms with Crippen LogP contribution in [0.15, 0.2) is 12.1 Å². The number of ether oxygens (including phenoxy) is 2. The van der Waals surface area contributed by atoms with Crippen LogP contribution in [0.3, 0.4) is 0 Å². The molecule has 1 atom stereocenters. The van der Waals surface area contributed by atoms with Crippen molar-refractivity contribution in [2.45, 2.75) is 18.9 Å². The Morgan fingerprint density at radius 3 is 2.77 bits per heavy atom. The van der Waals surface area contributed by atoms with Crippen LogP contribution in [0.1, 0.15) is 24.5 Å². The van der Waals surface area contributed by atoms with Gasteiger partial charge in [-0.15, -0.1) is 0 Å². The summed E-state index contributed by atoms with van der Waals surface area (Å²) in [5, 5.41) is 0. The Morgan fingerprint density at radius 1 is 1.41 bits per heavy atom. The molecule has 3 aliphatic rings. The van der Waals surface area contributed by atoms with E-state index in [0.717, 1.165) is 25.0 Å². The van der Waals surface area contributed by atoms with E-state index in [1.54, 1.807) is 4.90 Å². The van der Waals surface area contributed by atoms with Crippen molar-refractivity contribution in [2.75, 3.05) is 26.8 Å². The van der Waals surface area contributed by atoms with Gasteiger partial charge < -0.3 is 14.4 Å². The maximum absolute atomic E-state index is 14.2. The van der Waals surface area contributed by atoms with Gasteiger partial charge in [0.05, 0.1) is 31.2 Å². The molecule has 1 amide bonds. The molecule has 22 heavy (non-hydrogen) atoms. The van der Waals surface area contributed by atoms with Gasteiger partial charge in [-0.25, -0.2) is 8.78 Å². The SMILES string of the molecule is COc1cc(F)cc(F)c1C1CN(C(=O)C23CC2C3)CCO1. The highest BCUT2D eigenvalue weighted by molar-refractivity contribution is 5.90. The van der Waals surface area contributed by atoms with E-state index in [0.29, 0.717) is 19.1 Å². The molecule has 1 aromatic carbocycles. The molecule has 2 saturated carbocycles. The number of hydrogen-bond acceptors (Lipinski definition) is 3. The van der Waals surface area contributed by atoms with Gasteiger partial charge in [-0.3, -0.25) is 4.79 Å². The molecule has 0 radical (unpaired) electrons. The second kappa shape index (κ2) is 4.65. The van der Waals surface area contributed by atoms with Crippen LogP contribution in [0, 0.1) is 23.0 Å². The molecule has 3 fully saturated rings. The van der Waals surface area contributed by atoms with Gasteiger partial charge in [-0.2, -0.15) is 0 Å². The summed E-state index contributed by atoms with van der Waals surface area (Å²) in [4.78, 5) is 14.2. The lowest BCUT2D eigenvalue weighted by Gasteiger charge is -2.34. The number of morpholine rings is 1. The highest BCUT2D eigenvalue weighted by Gasteiger charge is 2.75. The van der Waals surface area contributed by atoms with Crippen molar-refractivity contribution < 1.29 is 23.0 Å². The first-order chi connectivity index (χ1) is 10.5. The zero-order valence-electron chi connectivity index (χ0n) is 12.3. The van der Waals surface area contributed by atoms with Crippen molar-refractivity contribution in [2.24, 2.45) is 11.3 Å². The molecule has 0 N–H and O–H groups in total. The quantitative estimate of drug-likeness (QED) is 0.860. The van der Waals surface area contributed by atoms with Crippen LogP contribution >= 0.6 is 0 Å². The monoisotopic (exact) mass is 309 g/mol. The van der Waals surface area contributed by atoms with Gasteiger partial charge in [0.15, 0.2) is 0 Å². The minimum atomic E-state index is -0.704. The Labute approximate surface area is 127 Å². The Bertz CT molecular complexity index is 643. The summed E-state index contributed by atoms with van der Waals surface area (Å²) in [5.41, 5.74) is 0.0786. The zero-order chi connectivity index (χ0) is 15.5. The fraction of sp³-hybridized carbons (Fsp3) is 0.562. The third kappa shape index (κ3) is 2.00. The van der Waals surface area contributed by atoms with Gasteiger partial charge in [0.1, 0.15) is 23.5 Å². The number of fused-ring (bicyclic) bond motifs is 1. The van der Waals surface area contributed by atoms with Crippen molar-refractivity contribution in [3.63, 3.8) is 0 Å². The van der Waals surface area contributed by atoms with Crippen LogP contribution in [-0.4, -0.2) is 37.6 Å². The van der Waals surface area contributed by atoms with Gasteiger partial charge >= 0.3 is 0 Å². The van der Waals surface area contributed by atoms with E-state index in [1.807, 2.05) is 0 Å². The van der Waals surface area contributed by atoms with Crippen molar-refractivity contribution >= 4 is 5.91 Å². The molecule has 1 unspecified atom stereocenters. The van der Waals surface area contributed by atoms with E-state index in [9.17, 15) is 13.6 Å². The molecule has 4 nitrogen and oxygen atoms in total. The number of nitrogens with zero attached hydrogens (tertiary/aromatic N) is 1. The number of carbonyl (C=O) groups excluding carboxylic acids is 1. The molecule has 1 aromatic rings. The fourth-order valence-electron chi connectivity index (χ4n) is 3.42. The van der Waals surface area contributed by atoms with E-state index >= 15 is 0 Å². The van der Waals surface area contributed by atoms with E-state index in [2.05, 4.69) is 0 Å². The summed E-state index contributed by atoms with van der Waals surface area (Å²) in [7, 11) is 1.36. The Kier molecular flexibility index (Phi) is 2.95. The predicted molar refractivity (Wildman–Crippen MR) is 73.3 cm³/mol. The number of carbonyl (C=O) groups is 1. The fourth-order valence-corrected chi connectivity index (χ4v) is 3.42. The Morgan fingerprint density at radius 2 is 2.14 bits per heavy atom. The minimum absolute atomic E-state index is 0.104. The molecule has 4 rings (SSSR count). The average Bonchev–Trinajstić information content (AvgIpc) is 3.35. The van der Waals surface area contributed by atoms with E-state index in [4.69, 9.17) is 9.47 Å². The topological polar surface area (TPSA) is 38.8 Å². The lowest BCUT2D eigenvalue weighted by atomic mass is 10.0. The maximum atomic E-state index is 14.2. The molecule has 0 aromatic heterocycles. The average molecular weight is 309 g/mol. The number of methoxy groups -OCH3 is 1. The first kappa shape index (κ1) is 13.9. The summed E-state index contributed by atoms with van der Waals surface area (Å²) in [6.45, 7) is 1.15. The molecule has 1 aliphatic heterocycles. The van der Waals surface area contributed by atoms with Gasteiger partial charge in [-0.1, -0.05) is 0 Å². The van der Waals surface area contributed by atoms with E-state index in [1.165, 1.54) is 7.11 Å². The number of amides is 1. The normalized spacial score (nSPS) is 32.4. The van der Waals surface area contributed by atoms with Crippen LogP contribution in [0.4, 0.5) is 8.78 Å². The Hall–Kier alpha value is -1.69. The number of benzene rings is 1. The lowest BCUT2D eigenvalue weighted by molar-refractivity contribution is -0.142. The molecule has 0 spiro atoms. The molecule has 1 heterocycles. The molecule has 1 saturated heterocycles. The molecule has 6 heteroatoms. The zero-order valence-corrected chi connectivity index (χ0v) is 12.3. The molecule has 0 bridgehead atoms. The Balaban J connectivity index is 1.58. The van der Waals surface area contributed by atoms with Gasteiger partial charge in [0.25, 0.3) is 0 Å². The van der Waals surface area contributed by atoms with Crippen molar-refractivity contribution in [1.82, 2.24) is 4.90 Å². The summed E-state index contributed by atoms with van der Waals surface area (Å²) in [6.07, 6.45) is 1.35. The van der Waals surface area contributed by atoms with Crippen LogP contribution in [-0.2, 0) is 9.53 Å². The summed E-state index contributed by atoms with van der Waals surface area (Å²) >= 11 is 0. The van der Waals surface area contributed by atoms with Gasteiger partial charge in [-0.05, 0) is 18.8 Å². The highest BCUT2D eigenvalue weighted by atomic mass is 19.1. The third-order valence-corrected chi connectivity index (χ3v) is 5.06. The standard InChI is InChI=1S/C16H17F2NO3/c1-21-12-5-10(17)4-11(18)14(12)13-8-19(2-3-22-13)15(20)16-6-9(16)7-16/h4-5,9,13H,2-3,6-8H2,1H3. The number of rotatable bonds is 3. The molecular formula is C16H17F2NO3.